The molecule has 19 heavy (non-hydrogen) atoms. The topological polar surface area (TPSA) is 66.4 Å². The Bertz CT molecular complexity index is 447. The van der Waals surface area contributed by atoms with Crippen molar-refractivity contribution < 1.29 is 14.7 Å². The molecule has 0 bridgehead atoms. The molecule has 0 radical (unpaired) electrons. The average Bonchev–Trinajstić information content (AvgIpc) is 2.75. The van der Waals surface area contributed by atoms with E-state index in [0.29, 0.717) is 11.3 Å². The normalized spacial score (nSPS) is 13.8. The van der Waals surface area contributed by atoms with E-state index in [-0.39, 0.29) is 17.9 Å². The molecule has 0 fully saturated rings. The van der Waals surface area contributed by atoms with Gasteiger partial charge in [0.1, 0.15) is 4.88 Å². The molecule has 1 heterocycles. The Morgan fingerprint density at radius 2 is 2.11 bits per heavy atom. The van der Waals surface area contributed by atoms with Crippen LogP contribution in [0.1, 0.15) is 42.8 Å². The van der Waals surface area contributed by atoms with Crippen LogP contribution in [0.2, 0.25) is 0 Å². The van der Waals surface area contributed by atoms with Gasteiger partial charge >= 0.3 is 5.97 Å². The molecule has 6 heteroatoms. The van der Waals surface area contributed by atoms with Gasteiger partial charge in [0.15, 0.2) is 0 Å². The lowest BCUT2D eigenvalue weighted by Crippen LogP contribution is -2.32. The number of amides is 1. The van der Waals surface area contributed by atoms with Crippen molar-refractivity contribution in [2.75, 3.05) is 0 Å². The van der Waals surface area contributed by atoms with Crippen molar-refractivity contribution in [2.24, 2.45) is 5.92 Å². The number of carbonyl (C=O) groups is 2. The lowest BCUT2D eigenvalue weighted by Gasteiger charge is -2.14. The molecule has 0 aliphatic rings. The van der Waals surface area contributed by atoms with E-state index < -0.39 is 5.97 Å². The fourth-order valence-corrected chi connectivity index (χ4v) is 3.13. The minimum absolute atomic E-state index is 0.0440. The number of hydrogen-bond acceptors (Lipinski definition) is 3. The van der Waals surface area contributed by atoms with E-state index in [1.165, 1.54) is 11.3 Å². The van der Waals surface area contributed by atoms with Crippen molar-refractivity contribution in [3.8, 4) is 0 Å². The second-order valence-electron chi connectivity index (χ2n) is 4.64. The molecule has 0 spiro atoms. The molecule has 0 aliphatic carbocycles. The molecule has 2 atom stereocenters. The summed E-state index contributed by atoms with van der Waals surface area (Å²) in [5.74, 6) is -1.17. The number of halogens is 1. The number of carbonyl (C=O) groups excluding carboxylic acids is 1. The number of thiophene rings is 1. The fourth-order valence-electron chi connectivity index (χ4n) is 1.67. The molecule has 1 aromatic rings. The second-order valence-corrected chi connectivity index (χ2v) is 6.41. The van der Waals surface area contributed by atoms with Gasteiger partial charge in [0.05, 0.1) is 5.92 Å². The molecule has 0 aliphatic heterocycles. The van der Waals surface area contributed by atoms with Crippen LogP contribution in [-0.4, -0.2) is 23.0 Å². The first-order chi connectivity index (χ1) is 8.91. The van der Waals surface area contributed by atoms with E-state index in [9.17, 15) is 9.59 Å². The first kappa shape index (κ1) is 16.2. The number of carboxylic acid groups (broad SMARTS) is 1. The summed E-state index contributed by atoms with van der Waals surface area (Å²) < 4.78 is 0.807. The van der Waals surface area contributed by atoms with Crippen LogP contribution in [0.3, 0.4) is 0 Å². The van der Waals surface area contributed by atoms with Crippen molar-refractivity contribution in [1.29, 1.82) is 0 Å². The Balaban J connectivity index is 2.32. The van der Waals surface area contributed by atoms with E-state index in [4.69, 9.17) is 5.11 Å². The van der Waals surface area contributed by atoms with Gasteiger partial charge in [-0.05, 0) is 47.1 Å². The molecule has 1 amide bonds. The number of hydrogen-bond donors (Lipinski definition) is 2. The van der Waals surface area contributed by atoms with Gasteiger partial charge in [0.2, 0.25) is 0 Å². The van der Waals surface area contributed by atoms with Crippen LogP contribution in [0.25, 0.3) is 0 Å². The lowest BCUT2D eigenvalue weighted by atomic mass is 10.0. The Hall–Kier alpha value is -0.880. The first-order valence-electron chi connectivity index (χ1n) is 6.18. The Morgan fingerprint density at radius 1 is 1.42 bits per heavy atom. The molecule has 0 saturated heterocycles. The Kier molecular flexibility index (Phi) is 6.51. The van der Waals surface area contributed by atoms with Crippen LogP contribution < -0.4 is 5.32 Å². The van der Waals surface area contributed by atoms with Crippen molar-refractivity contribution >= 4 is 39.1 Å². The first-order valence-corrected chi connectivity index (χ1v) is 7.85. The largest absolute Gasteiger partial charge is 0.481 e. The average molecular weight is 348 g/mol. The molecule has 2 N–H and O–H groups in total. The van der Waals surface area contributed by atoms with E-state index in [1.54, 1.807) is 6.92 Å². The van der Waals surface area contributed by atoms with Gasteiger partial charge in [0, 0.05) is 10.5 Å². The van der Waals surface area contributed by atoms with Crippen LogP contribution in [0.4, 0.5) is 0 Å². The monoisotopic (exact) mass is 347 g/mol. The van der Waals surface area contributed by atoms with Crippen LogP contribution in [0.15, 0.2) is 15.9 Å². The van der Waals surface area contributed by atoms with Gasteiger partial charge in [-0.1, -0.05) is 13.3 Å². The minimum Gasteiger partial charge on any atom is -0.481 e. The molecule has 2 unspecified atom stereocenters. The summed E-state index contributed by atoms with van der Waals surface area (Å²) >= 11 is 4.72. The molecule has 0 saturated carbocycles. The van der Waals surface area contributed by atoms with E-state index >= 15 is 0 Å². The van der Waals surface area contributed by atoms with E-state index in [0.717, 1.165) is 17.3 Å². The Morgan fingerprint density at radius 3 is 2.63 bits per heavy atom. The van der Waals surface area contributed by atoms with Crippen molar-refractivity contribution in [3.63, 3.8) is 0 Å². The maximum atomic E-state index is 11.9. The summed E-state index contributed by atoms with van der Waals surface area (Å²) in [6.45, 7) is 3.64. The van der Waals surface area contributed by atoms with Crippen LogP contribution in [0.5, 0.6) is 0 Å². The van der Waals surface area contributed by atoms with Crippen molar-refractivity contribution in [1.82, 2.24) is 5.32 Å². The molecule has 106 valence electrons. The highest BCUT2D eigenvalue weighted by molar-refractivity contribution is 9.10. The van der Waals surface area contributed by atoms with Crippen LogP contribution in [0, 0.1) is 5.92 Å². The predicted molar refractivity (Wildman–Crippen MR) is 79.6 cm³/mol. The Labute approximate surface area is 125 Å². The lowest BCUT2D eigenvalue weighted by molar-refractivity contribution is -0.141. The van der Waals surface area contributed by atoms with Crippen LogP contribution in [-0.2, 0) is 4.79 Å². The van der Waals surface area contributed by atoms with Gasteiger partial charge in [-0.3, -0.25) is 9.59 Å². The zero-order valence-electron chi connectivity index (χ0n) is 11.0. The van der Waals surface area contributed by atoms with E-state index in [1.807, 2.05) is 18.4 Å². The summed E-state index contributed by atoms with van der Waals surface area (Å²) in [5, 5.41) is 13.6. The third-order valence-corrected chi connectivity index (χ3v) is 4.73. The van der Waals surface area contributed by atoms with Gasteiger partial charge in [-0.15, -0.1) is 11.3 Å². The molecule has 1 aromatic heterocycles. The third-order valence-electron chi connectivity index (χ3n) is 2.90. The zero-order chi connectivity index (χ0) is 14.4. The summed E-state index contributed by atoms with van der Waals surface area (Å²) in [6.07, 6.45) is 2.21. The third kappa shape index (κ3) is 5.32. The highest BCUT2D eigenvalue weighted by Gasteiger charge is 2.15. The second kappa shape index (κ2) is 7.65. The van der Waals surface area contributed by atoms with Crippen molar-refractivity contribution in [2.45, 2.75) is 39.2 Å². The number of nitrogens with one attached hydrogen (secondary N) is 1. The summed E-state index contributed by atoms with van der Waals surface area (Å²) in [5.41, 5.74) is 0. The smallest absolute Gasteiger partial charge is 0.306 e. The van der Waals surface area contributed by atoms with Crippen molar-refractivity contribution in [3.05, 3.63) is 20.8 Å². The summed E-state index contributed by atoms with van der Waals surface area (Å²) in [7, 11) is 0. The molecule has 4 nitrogen and oxygen atoms in total. The molecule has 1 rings (SSSR count). The zero-order valence-corrected chi connectivity index (χ0v) is 13.4. The molecule has 0 aromatic carbocycles. The number of aliphatic carboxylic acids is 1. The van der Waals surface area contributed by atoms with Crippen LogP contribution >= 0.6 is 27.3 Å². The number of carboxylic acids is 1. The SMILES string of the molecule is CC(CCCC(C)C(=O)O)NC(=O)c1sccc1Br. The highest BCUT2D eigenvalue weighted by Crippen LogP contribution is 2.22. The van der Waals surface area contributed by atoms with Gasteiger partial charge in [-0.25, -0.2) is 0 Å². The standard InChI is InChI=1S/C13H18BrNO3S/c1-8(13(17)18)4-3-5-9(2)15-12(16)11-10(14)6-7-19-11/h6-9H,3-5H2,1-2H3,(H,15,16)(H,17,18). The number of rotatable bonds is 7. The predicted octanol–water partition coefficient (Wildman–Crippen LogP) is 3.52. The van der Waals surface area contributed by atoms with Gasteiger partial charge in [0.25, 0.3) is 5.91 Å². The summed E-state index contributed by atoms with van der Waals surface area (Å²) in [4.78, 5) is 23.3. The molecular weight excluding hydrogens is 330 g/mol. The van der Waals surface area contributed by atoms with Gasteiger partial charge in [-0.2, -0.15) is 0 Å². The highest BCUT2D eigenvalue weighted by atomic mass is 79.9. The minimum atomic E-state index is -0.765. The van der Waals surface area contributed by atoms with Gasteiger partial charge < -0.3 is 10.4 Å². The maximum absolute atomic E-state index is 11.9. The summed E-state index contributed by atoms with van der Waals surface area (Å²) in [6, 6.07) is 1.89. The fraction of sp³-hybridized carbons (Fsp3) is 0.538. The maximum Gasteiger partial charge on any atom is 0.306 e. The molecular formula is C13H18BrNO3S. The van der Waals surface area contributed by atoms with E-state index in [2.05, 4.69) is 21.2 Å². The quantitative estimate of drug-likeness (QED) is 0.792.